The number of benzene rings is 1. The normalized spacial score (nSPS) is 15.3. The molecule has 0 spiro atoms. The number of hydrogen-bond acceptors (Lipinski definition) is 2. The van der Waals surface area contributed by atoms with Crippen LogP contribution in [0.15, 0.2) is 35.3 Å². The fraction of sp³-hybridized carbons (Fsp3) is 0.500. The van der Waals surface area contributed by atoms with E-state index in [0.717, 1.165) is 18.2 Å². The fourth-order valence-electron chi connectivity index (χ4n) is 1.82. The minimum absolute atomic E-state index is 0. The van der Waals surface area contributed by atoms with Gasteiger partial charge in [-0.25, -0.2) is 0 Å². The number of para-hydroxylation sites is 1. The lowest BCUT2D eigenvalue weighted by atomic mass is 9.86. The van der Waals surface area contributed by atoms with Crippen LogP contribution < -0.4 is 15.8 Å². The molecular weight excluding hydrogens is 353 g/mol. The lowest BCUT2D eigenvalue weighted by molar-refractivity contribution is 0.320. The van der Waals surface area contributed by atoms with Crippen LogP contribution in [0.2, 0.25) is 0 Å². The van der Waals surface area contributed by atoms with E-state index in [-0.39, 0.29) is 24.0 Å². The van der Waals surface area contributed by atoms with Crippen molar-refractivity contribution in [3.8, 4) is 5.75 Å². The lowest BCUT2D eigenvalue weighted by Gasteiger charge is -2.23. The molecule has 0 unspecified atom stereocenters. The highest BCUT2D eigenvalue weighted by atomic mass is 127. The topological polar surface area (TPSA) is 59.6 Å². The van der Waals surface area contributed by atoms with Gasteiger partial charge in [-0.2, -0.15) is 0 Å². The molecule has 0 saturated heterocycles. The van der Waals surface area contributed by atoms with Crippen molar-refractivity contribution in [1.29, 1.82) is 0 Å². The Morgan fingerprint density at radius 1 is 1.32 bits per heavy atom. The SMILES string of the molecule is I.NC(=NCC1CCC1)NCCOc1ccccc1. The maximum absolute atomic E-state index is 5.76. The van der Waals surface area contributed by atoms with Gasteiger partial charge in [0.25, 0.3) is 0 Å². The summed E-state index contributed by atoms with van der Waals surface area (Å²) in [4.78, 5) is 4.32. The first-order chi connectivity index (χ1) is 8.84. The monoisotopic (exact) mass is 375 g/mol. The third-order valence-corrected chi connectivity index (χ3v) is 3.16. The third-order valence-electron chi connectivity index (χ3n) is 3.16. The van der Waals surface area contributed by atoms with Gasteiger partial charge in [-0.1, -0.05) is 24.6 Å². The van der Waals surface area contributed by atoms with E-state index in [2.05, 4.69) is 10.3 Å². The summed E-state index contributed by atoms with van der Waals surface area (Å²) in [6.45, 7) is 2.12. The molecule has 0 aromatic heterocycles. The van der Waals surface area contributed by atoms with Gasteiger partial charge in [-0.3, -0.25) is 4.99 Å². The van der Waals surface area contributed by atoms with Crippen LogP contribution in [-0.4, -0.2) is 25.7 Å². The van der Waals surface area contributed by atoms with Gasteiger partial charge in [0.2, 0.25) is 0 Å². The van der Waals surface area contributed by atoms with Gasteiger partial charge < -0.3 is 15.8 Å². The minimum atomic E-state index is 0. The molecule has 4 nitrogen and oxygen atoms in total. The molecule has 1 aromatic carbocycles. The number of ether oxygens (including phenoxy) is 1. The van der Waals surface area contributed by atoms with Crippen LogP contribution in [0.3, 0.4) is 0 Å². The Labute approximate surface area is 131 Å². The summed E-state index contributed by atoms with van der Waals surface area (Å²) in [5, 5.41) is 3.06. The zero-order chi connectivity index (χ0) is 12.6. The molecule has 1 aliphatic carbocycles. The second-order valence-corrected chi connectivity index (χ2v) is 4.61. The van der Waals surface area contributed by atoms with E-state index >= 15 is 0 Å². The van der Waals surface area contributed by atoms with Gasteiger partial charge in [-0.05, 0) is 30.9 Å². The van der Waals surface area contributed by atoms with Crippen molar-refractivity contribution >= 4 is 29.9 Å². The molecule has 0 bridgehead atoms. The maximum atomic E-state index is 5.76. The first kappa shape index (κ1) is 16.1. The summed E-state index contributed by atoms with van der Waals surface area (Å²) >= 11 is 0. The fourth-order valence-corrected chi connectivity index (χ4v) is 1.82. The molecule has 106 valence electrons. The van der Waals surface area contributed by atoms with Crippen molar-refractivity contribution in [3.63, 3.8) is 0 Å². The molecule has 0 atom stereocenters. The van der Waals surface area contributed by atoms with E-state index in [9.17, 15) is 0 Å². The molecule has 0 aliphatic heterocycles. The molecule has 3 N–H and O–H groups in total. The molecule has 5 heteroatoms. The molecular formula is C14H22IN3O. The molecule has 19 heavy (non-hydrogen) atoms. The molecule has 0 radical (unpaired) electrons. The van der Waals surface area contributed by atoms with Crippen molar-refractivity contribution in [2.45, 2.75) is 19.3 Å². The highest BCUT2D eigenvalue weighted by Crippen LogP contribution is 2.26. The van der Waals surface area contributed by atoms with E-state index in [1.165, 1.54) is 19.3 Å². The van der Waals surface area contributed by atoms with E-state index in [0.29, 0.717) is 19.1 Å². The van der Waals surface area contributed by atoms with E-state index < -0.39 is 0 Å². The largest absolute Gasteiger partial charge is 0.492 e. The van der Waals surface area contributed by atoms with Crippen LogP contribution in [0.1, 0.15) is 19.3 Å². The van der Waals surface area contributed by atoms with Gasteiger partial charge in [0, 0.05) is 6.54 Å². The average molecular weight is 375 g/mol. The molecule has 0 amide bonds. The summed E-state index contributed by atoms with van der Waals surface area (Å²) in [6, 6.07) is 9.76. The number of halogens is 1. The summed E-state index contributed by atoms with van der Waals surface area (Å²) < 4.78 is 5.54. The van der Waals surface area contributed by atoms with Crippen molar-refractivity contribution in [3.05, 3.63) is 30.3 Å². The molecule has 1 saturated carbocycles. The lowest BCUT2D eigenvalue weighted by Crippen LogP contribution is -2.35. The molecule has 1 aromatic rings. The Balaban J connectivity index is 0.00000180. The smallest absolute Gasteiger partial charge is 0.188 e. The average Bonchev–Trinajstić information content (AvgIpc) is 2.34. The Hall–Kier alpha value is -0.980. The van der Waals surface area contributed by atoms with Crippen LogP contribution in [0.5, 0.6) is 5.75 Å². The Morgan fingerprint density at radius 2 is 2.05 bits per heavy atom. The summed E-state index contributed by atoms with van der Waals surface area (Å²) in [5.74, 6) is 2.16. The number of aliphatic imine (C=N–C) groups is 1. The van der Waals surface area contributed by atoms with Crippen LogP contribution >= 0.6 is 24.0 Å². The minimum Gasteiger partial charge on any atom is -0.492 e. The molecule has 1 fully saturated rings. The predicted molar refractivity (Wildman–Crippen MR) is 89.2 cm³/mol. The summed E-state index contributed by atoms with van der Waals surface area (Å²) in [6.07, 6.45) is 3.94. The first-order valence-corrected chi connectivity index (χ1v) is 6.56. The van der Waals surface area contributed by atoms with Crippen molar-refractivity contribution in [2.24, 2.45) is 16.6 Å². The van der Waals surface area contributed by atoms with Crippen molar-refractivity contribution < 1.29 is 4.74 Å². The van der Waals surface area contributed by atoms with Crippen molar-refractivity contribution in [2.75, 3.05) is 19.7 Å². The van der Waals surface area contributed by atoms with Gasteiger partial charge >= 0.3 is 0 Å². The first-order valence-electron chi connectivity index (χ1n) is 6.56. The Bertz CT molecular complexity index is 380. The second kappa shape index (κ2) is 9.01. The molecule has 1 aliphatic rings. The third kappa shape index (κ3) is 6.13. The standard InChI is InChI=1S/C14H21N3O.HI/c15-14(17-11-12-5-4-6-12)16-9-10-18-13-7-2-1-3-8-13;/h1-3,7-8,12H,4-6,9-11H2,(H3,15,16,17);1H. The quantitative estimate of drug-likeness (QED) is 0.348. The highest BCUT2D eigenvalue weighted by molar-refractivity contribution is 14.0. The second-order valence-electron chi connectivity index (χ2n) is 4.61. The van der Waals surface area contributed by atoms with Gasteiger partial charge in [0.1, 0.15) is 12.4 Å². The Morgan fingerprint density at radius 3 is 2.68 bits per heavy atom. The summed E-state index contributed by atoms with van der Waals surface area (Å²) in [7, 11) is 0. The van der Waals surface area contributed by atoms with Crippen LogP contribution in [-0.2, 0) is 0 Å². The highest BCUT2D eigenvalue weighted by Gasteiger charge is 2.16. The van der Waals surface area contributed by atoms with Crippen molar-refractivity contribution in [1.82, 2.24) is 5.32 Å². The zero-order valence-electron chi connectivity index (χ0n) is 11.0. The van der Waals surface area contributed by atoms with Gasteiger partial charge in [-0.15, -0.1) is 24.0 Å². The number of nitrogens with zero attached hydrogens (tertiary/aromatic N) is 1. The van der Waals surface area contributed by atoms with E-state index in [1.54, 1.807) is 0 Å². The maximum Gasteiger partial charge on any atom is 0.188 e. The number of nitrogens with two attached hydrogens (primary N) is 1. The zero-order valence-corrected chi connectivity index (χ0v) is 13.4. The van der Waals surface area contributed by atoms with Crippen LogP contribution in [0, 0.1) is 5.92 Å². The number of hydrogen-bond donors (Lipinski definition) is 2. The predicted octanol–water partition coefficient (Wildman–Crippen LogP) is 2.39. The number of rotatable bonds is 6. The Kier molecular flexibility index (Phi) is 7.62. The van der Waals surface area contributed by atoms with Gasteiger partial charge in [0.05, 0.1) is 6.54 Å². The molecule has 0 heterocycles. The number of guanidine groups is 1. The van der Waals surface area contributed by atoms with Crippen LogP contribution in [0.4, 0.5) is 0 Å². The number of nitrogens with one attached hydrogen (secondary N) is 1. The molecule has 2 rings (SSSR count). The van der Waals surface area contributed by atoms with Crippen LogP contribution in [0.25, 0.3) is 0 Å². The summed E-state index contributed by atoms with van der Waals surface area (Å²) in [5.41, 5.74) is 5.76. The van der Waals surface area contributed by atoms with E-state index in [4.69, 9.17) is 10.5 Å². The van der Waals surface area contributed by atoms with Gasteiger partial charge in [0.15, 0.2) is 5.96 Å². The van der Waals surface area contributed by atoms with E-state index in [1.807, 2.05) is 30.3 Å².